The highest BCUT2D eigenvalue weighted by Crippen LogP contribution is 2.50. The van der Waals surface area contributed by atoms with Gasteiger partial charge in [-0.3, -0.25) is 9.20 Å². The van der Waals surface area contributed by atoms with Crippen molar-refractivity contribution in [1.82, 2.24) is 8.97 Å². The van der Waals surface area contributed by atoms with Crippen molar-refractivity contribution in [3.05, 3.63) is 216 Å². The molecule has 3 aromatic heterocycles. The van der Waals surface area contributed by atoms with Gasteiger partial charge in [0.25, 0.3) is 5.56 Å². The standard InChI is InChI=1S/C58H38N2O/c1-58(2)50-24-7-5-18-43(50)44-29-27-39(34-51(44)58)41-21-12-26-54-55(41)48-20-6-8-25-52(48)59(54)40-16-10-15-37(32-40)35-13-9-14-36(31-35)38-28-30-53-49(33-38)46-23-11-22-45-42-17-3-4-19-47(42)57(61)60(53)56(45)46/h3-34H,1-2H3. The Hall–Kier alpha value is -7.75. The molecule has 9 aromatic carbocycles. The van der Waals surface area contributed by atoms with E-state index in [0.29, 0.717) is 0 Å². The fourth-order valence-corrected chi connectivity index (χ4v) is 10.8. The van der Waals surface area contributed by atoms with Crippen molar-refractivity contribution in [3.8, 4) is 50.2 Å². The molecule has 0 radical (unpaired) electrons. The summed E-state index contributed by atoms with van der Waals surface area (Å²) in [4.78, 5) is 13.9. The van der Waals surface area contributed by atoms with E-state index in [2.05, 4.69) is 194 Å². The van der Waals surface area contributed by atoms with E-state index in [0.717, 1.165) is 65.9 Å². The van der Waals surface area contributed by atoms with Crippen LogP contribution in [0, 0.1) is 0 Å². The summed E-state index contributed by atoms with van der Waals surface area (Å²) in [5, 5.41) is 7.54. The number of para-hydroxylation sites is 2. The molecule has 0 fully saturated rings. The lowest BCUT2D eigenvalue weighted by atomic mass is 9.81. The quantitative estimate of drug-likeness (QED) is 0.163. The van der Waals surface area contributed by atoms with Crippen LogP contribution in [0.4, 0.5) is 0 Å². The predicted molar refractivity (Wildman–Crippen MR) is 256 cm³/mol. The average Bonchev–Trinajstić information content (AvgIpc) is 3.91. The van der Waals surface area contributed by atoms with Crippen molar-refractivity contribution in [1.29, 1.82) is 0 Å². The predicted octanol–water partition coefficient (Wildman–Crippen LogP) is 14.6. The van der Waals surface area contributed by atoms with Gasteiger partial charge in [-0.05, 0) is 116 Å². The molecule has 0 spiro atoms. The second-order valence-corrected chi connectivity index (χ2v) is 17.2. The van der Waals surface area contributed by atoms with E-state index < -0.39 is 0 Å². The van der Waals surface area contributed by atoms with Gasteiger partial charge in [-0.2, -0.15) is 0 Å². The topological polar surface area (TPSA) is 26.4 Å². The maximum atomic E-state index is 13.9. The molecule has 0 amide bonds. The SMILES string of the molecule is CC1(C)c2ccccc2-c2ccc(-c3cccc4c3c3ccccc3n4-c3cccc(-c4cccc(-c5ccc6c(c5)c5cccc7c8ccccc8c(=O)n6c75)c4)c3)cc21. The van der Waals surface area contributed by atoms with E-state index >= 15 is 0 Å². The van der Waals surface area contributed by atoms with Gasteiger partial charge in [-0.1, -0.05) is 153 Å². The lowest BCUT2D eigenvalue weighted by Crippen LogP contribution is -2.14. The van der Waals surface area contributed by atoms with Crippen molar-refractivity contribution in [2.45, 2.75) is 19.3 Å². The van der Waals surface area contributed by atoms with Crippen molar-refractivity contribution in [2.75, 3.05) is 0 Å². The van der Waals surface area contributed by atoms with E-state index in [9.17, 15) is 4.79 Å². The Morgan fingerprint density at radius 3 is 1.82 bits per heavy atom. The summed E-state index contributed by atoms with van der Waals surface area (Å²) in [7, 11) is 0. The fourth-order valence-electron chi connectivity index (χ4n) is 10.8. The van der Waals surface area contributed by atoms with E-state index in [1.807, 2.05) is 22.6 Å². The monoisotopic (exact) mass is 778 g/mol. The molecule has 0 saturated carbocycles. The number of rotatable bonds is 4. The summed E-state index contributed by atoms with van der Waals surface area (Å²) >= 11 is 0. The van der Waals surface area contributed by atoms with Gasteiger partial charge >= 0.3 is 0 Å². The van der Waals surface area contributed by atoms with E-state index in [1.54, 1.807) is 0 Å². The molecule has 12 aromatic rings. The third kappa shape index (κ3) is 4.72. The van der Waals surface area contributed by atoms with Gasteiger partial charge in [0.2, 0.25) is 0 Å². The van der Waals surface area contributed by atoms with Gasteiger partial charge in [-0.25, -0.2) is 0 Å². The molecule has 61 heavy (non-hydrogen) atoms. The van der Waals surface area contributed by atoms with Crippen LogP contribution in [-0.4, -0.2) is 8.97 Å². The van der Waals surface area contributed by atoms with Crippen LogP contribution in [0.15, 0.2) is 199 Å². The van der Waals surface area contributed by atoms with E-state index in [1.165, 1.54) is 55.2 Å². The van der Waals surface area contributed by atoms with Crippen LogP contribution in [0.5, 0.6) is 0 Å². The summed E-state index contributed by atoms with van der Waals surface area (Å²) < 4.78 is 4.34. The molecule has 13 rings (SSSR count). The Balaban J connectivity index is 0.926. The highest BCUT2D eigenvalue weighted by molar-refractivity contribution is 6.21. The lowest BCUT2D eigenvalue weighted by molar-refractivity contribution is 0.660. The van der Waals surface area contributed by atoms with Crippen molar-refractivity contribution in [3.63, 3.8) is 0 Å². The van der Waals surface area contributed by atoms with Crippen LogP contribution >= 0.6 is 0 Å². The number of fused-ring (bicyclic) bond motifs is 11. The number of hydrogen-bond acceptors (Lipinski definition) is 1. The maximum Gasteiger partial charge on any atom is 0.263 e. The highest BCUT2D eigenvalue weighted by atomic mass is 16.1. The zero-order chi connectivity index (χ0) is 40.6. The van der Waals surface area contributed by atoms with Crippen LogP contribution in [0.25, 0.3) is 110 Å². The van der Waals surface area contributed by atoms with Crippen LogP contribution in [0.2, 0.25) is 0 Å². The molecule has 3 heteroatoms. The first-order valence-corrected chi connectivity index (χ1v) is 21.1. The summed E-state index contributed by atoms with van der Waals surface area (Å²) in [5.41, 5.74) is 17.9. The third-order valence-electron chi connectivity index (χ3n) is 13.7. The number of hydrogen-bond donors (Lipinski definition) is 0. The molecule has 0 N–H and O–H groups in total. The fraction of sp³-hybridized carbons (Fsp3) is 0.0517. The Morgan fingerprint density at radius 1 is 0.377 bits per heavy atom. The first kappa shape index (κ1) is 34.1. The number of benzene rings is 9. The molecular weight excluding hydrogens is 741 g/mol. The van der Waals surface area contributed by atoms with Crippen LogP contribution in [0.1, 0.15) is 25.0 Å². The molecule has 1 aliphatic rings. The molecule has 3 heterocycles. The van der Waals surface area contributed by atoms with Gasteiger partial charge in [-0.15, -0.1) is 0 Å². The van der Waals surface area contributed by atoms with E-state index in [-0.39, 0.29) is 11.0 Å². The molecule has 1 aliphatic carbocycles. The molecular formula is C58H38N2O. The largest absolute Gasteiger partial charge is 0.309 e. The minimum absolute atomic E-state index is 0.0296. The highest BCUT2D eigenvalue weighted by Gasteiger charge is 2.35. The van der Waals surface area contributed by atoms with Crippen molar-refractivity contribution in [2.24, 2.45) is 0 Å². The first-order valence-electron chi connectivity index (χ1n) is 21.1. The Bertz CT molecular complexity index is 3880. The normalized spacial score (nSPS) is 13.3. The molecule has 286 valence electrons. The number of aromatic nitrogens is 2. The van der Waals surface area contributed by atoms with Gasteiger partial charge in [0.05, 0.1) is 22.1 Å². The second kappa shape index (κ2) is 12.4. The molecule has 0 bridgehead atoms. The van der Waals surface area contributed by atoms with Gasteiger partial charge < -0.3 is 4.57 Å². The van der Waals surface area contributed by atoms with Crippen molar-refractivity contribution >= 4 is 59.8 Å². The Kier molecular flexibility index (Phi) is 6.93. The molecule has 0 saturated heterocycles. The minimum atomic E-state index is -0.0705. The lowest BCUT2D eigenvalue weighted by Gasteiger charge is -2.22. The van der Waals surface area contributed by atoms with Crippen LogP contribution in [0.3, 0.4) is 0 Å². The van der Waals surface area contributed by atoms with Crippen LogP contribution in [-0.2, 0) is 5.41 Å². The maximum absolute atomic E-state index is 13.9. The average molecular weight is 779 g/mol. The zero-order valence-electron chi connectivity index (χ0n) is 33.8. The van der Waals surface area contributed by atoms with Gasteiger partial charge in [0, 0.05) is 43.4 Å². The molecule has 0 atom stereocenters. The zero-order valence-corrected chi connectivity index (χ0v) is 33.8. The Labute approximate surface area is 352 Å². The van der Waals surface area contributed by atoms with Gasteiger partial charge in [0.1, 0.15) is 0 Å². The molecule has 0 unspecified atom stereocenters. The first-order chi connectivity index (χ1) is 29.9. The van der Waals surface area contributed by atoms with E-state index in [4.69, 9.17) is 0 Å². The second-order valence-electron chi connectivity index (χ2n) is 17.2. The summed E-state index contributed by atoms with van der Waals surface area (Å²) in [6, 6.07) is 70.2. The molecule has 0 aliphatic heterocycles. The van der Waals surface area contributed by atoms with Gasteiger partial charge in [0.15, 0.2) is 0 Å². The van der Waals surface area contributed by atoms with Crippen molar-refractivity contribution < 1.29 is 0 Å². The summed E-state index contributed by atoms with van der Waals surface area (Å²) in [6.45, 7) is 4.71. The number of nitrogens with zero attached hydrogens (tertiary/aromatic N) is 2. The number of pyridine rings is 1. The summed E-state index contributed by atoms with van der Waals surface area (Å²) in [6.07, 6.45) is 0. The summed E-state index contributed by atoms with van der Waals surface area (Å²) in [5.74, 6) is 0. The van der Waals surface area contributed by atoms with Crippen LogP contribution < -0.4 is 5.56 Å². The minimum Gasteiger partial charge on any atom is -0.309 e. The third-order valence-corrected chi connectivity index (χ3v) is 13.7. The molecule has 3 nitrogen and oxygen atoms in total. The Morgan fingerprint density at radius 2 is 0.967 bits per heavy atom. The smallest absolute Gasteiger partial charge is 0.263 e.